The van der Waals surface area contributed by atoms with Crippen molar-refractivity contribution in [3.05, 3.63) is 59.1 Å². The van der Waals surface area contributed by atoms with E-state index in [1.165, 1.54) is 5.56 Å². The summed E-state index contributed by atoms with van der Waals surface area (Å²) in [6.45, 7) is 2.10. The molecule has 17 heavy (non-hydrogen) atoms. The SMILES string of the molecule is CC(Nc1ccc(Cl)cc1N)c1ccccc1. The highest BCUT2D eigenvalue weighted by Crippen LogP contribution is 2.26. The largest absolute Gasteiger partial charge is 0.397 e. The number of hydrogen-bond donors (Lipinski definition) is 2. The van der Waals surface area contributed by atoms with Crippen LogP contribution in [0, 0.1) is 0 Å². The molecule has 0 amide bonds. The number of rotatable bonds is 3. The first kappa shape index (κ1) is 11.8. The van der Waals surface area contributed by atoms with Gasteiger partial charge in [0.25, 0.3) is 0 Å². The van der Waals surface area contributed by atoms with Gasteiger partial charge in [0, 0.05) is 11.1 Å². The molecule has 0 fully saturated rings. The van der Waals surface area contributed by atoms with Crippen molar-refractivity contribution >= 4 is 23.0 Å². The summed E-state index contributed by atoms with van der Waals surface area (Å²) in [6, 6.07) is 15.9. The molecule has 88 valence electrons. The van der Waals surface area contributed by atoms with Crippen molar-refractivity contribution in [2.24, 2.45) is 0 Å². The molecule has 0 aromatic heterocycles. The van der Waals surface area contributed by atoms with Gasteiger partial charge in [-0.1, -0.05) is 41.9 Å². The third kappa shape index (κ3) is 2.92. The van der Waals surface area contributed by atoms with E-state index < -0.39 is 0 Å². The van der Waals surface area contributed by atoms with Gasteiger partial charge in [-0.2, -0.15) is 0 Å². The minimum atomic E-state index is 0.208. The molecule has 0 aliphatic rings. The second-order valence-electron chi connectivity index (χ2n) is 4.01. The van der Waals surface area contributed by atoms with Crippen LogP contribution in [0.4, 0.5) is 11.4 Å². The molecule has 0 saturated heterocycles. The molecule has 0 radical (unpaired) electrons. The fourth-order valence-corrected chi connectivity index (χ4v) is 1.90. The average Bonchev–Trinajstić information content (AvgIpc) is 2.34. The van der Waals surface area contributed by atoms with Gasteiger partial charge in [-0.3, -0.25) is 0 Å². The van der Waals surface area contributed by atoms with Gasteiger partial charge < -0.3 is 11.1 Å². The summed E-state index contributed by atoms with van der Waals surface area (Å²) in [5.41, 5.74) is 8.70. The van der Waals surface area contributed by atoms with Crippen molar-refractivity contribution in [1.82, 2.24) is 0 Å². The van der Waals surface area contributed by atoms with Crippen molar-refractivity contribution in [2.75, 3.05) is 11.1 Å². The first-order chi connectivity index (χ1) is 8.16. The zero-order chi connectivity index (χ0) is 12.3. The van der Waals surface area contributed by atoms with E-state index in [1.807, 2.05) is 30.3 Å². The molecule has 0 heterocycles. The van der Waals surface area contributed by atoms with Gasteiger partial charge in [0.15, 0.2) is 0 Å². The first-order valence-electron chi connectivity index (χ1n) is 5.53. The van der Waals surface area contributed by atoms with Crippen LogP contribution in [-0.2, 0) is 0 Å². The van der Waals surface area contributed by atoms with Gasteiger partial charge in [0.2, 0.25) is 0 Å². The van der Waals surface area contributed by atoms with E-state index in [0.717, 1.165) is 5.69 Å². The summed E-state index contributed by atoms with van der Waals surface area (Å²) in [7, 11) is 0. The van der Waals surface area contributed by atoms with Gasteiger partial charge in [-0.05, 0) is 30.7 Å². The summed E-state index contributed by atoms with van der Waals surface area (Å²) in [5.74, 6) is 0. The number of hydrogen-bond acceptors (Lipinski definition) is 2. The van der Waals surface area contributed by atoms with Crippen LogP contribution in [0.1, 0.15) is 18.5 Å². The van der Waals surface area contributed by atoms with Gasteiger partial charge in [0.05, 0.1) is 11.4 Å². The standard InChI is InChI=1S/C14H15ClN2/c1-10(11-5-3-2-4-6-11)17-14-8-7-12(15)9-13(14)16/h2-10,17H,16H2,1H3. The second-order valence-corrected chi connectivity index (χ2v) is 4.44. The van der Waals surface area contributed by atoms with Crippen LogP contribution in [0.2, 0.25) is 5.02 Å². The summed E-state index contributed by atoms with van der Waals surface area (Å²) >= 11 is 5.86. The highest BCUT2D eigenvalue weighted by Gasteiger charge is 2.06. The lowest BCUT2D eigenvalue weighted by atomic mass is 10.1. The zero-order valence-corrected chi connectivity index (χ0v) is 10.4. The Morgan fingerprint density at radius 1 is 1.12 bits per heavy atom. The normalized spacial score (nSPS) is 12.1. The lowest BCUT2D eigenvalue weighted by molar-refractivity contribution is 0.885. The predicted molar refractivity (Wildman–Crippen MR) is 74.3 cm³/mol. The molecule has 1 atom stereocenters. The van der Waals surface area contributed by atoms with Gasteiger partial charge in [-0.25, -0.2) is 0 Å². The lowest BCUT2D eigenvalue weighted by Gasteiger charge is -2.17. The van der Waals surface area contributed by atoms with E-state index in [-0.39, 0.29) is 6.04 Å². The summed E-state index contributed by atoms with van der Waals surface area (Å²) in [6.07, 6.45) is 0. The van der Waals surface area contributed by atoms with Crippen LogP contribution < -0.4 is 11.1 Å². The molecule has 2 aromatic carbocycles. The maximum absolute atomic E-state index is 5.90. The molecule has 0 aliphatic carbocycles. The Morgan fingerprint density at radius 3 is 2.47 bits per heavy atom. The number of benzene rings is 2. The molecule has 0 aliphatic heterocycles. The van der Waals surface area contributed by atoms with E-state index >= 15 is 0 Å². The summed E-state index contributed by atoms with van der Waals surface area (Å²) in [5, 5.41) is 4.02. The maximum atomic E-state index is 5.90. The Labute approximate surface area is 106 Å². The Hall–Kier alpha value is -1.67. The van der Waals surface area contributed by atoms with Gasteiger partial charge in [0.1, 0.15) is 0 Å². The maximum Gasteiger partial charge on any atom is 0.0579 e. The second kappa shape index (κ2) is 5.11. The molecule has 3 heteroatoms. The number of anilines is 2. The molecule has 3 N–H and O–H groups in total. The van der Waals surface area contributed by atoms with E-state index in [1.54, 1.807) is 6.07 Å². The molecular formula is C14H15ClN2. The molecule has 0 bridgehead atoms. The van der Waals surface area contributed by atoms with Crippen LogP contribution in [0.25, 0.3) is 0 Å². The Balaban J connectivity index is 2.16. The van der Waals surface area contributed by atoms with Gasteiger partial charge >= 0.3 is 0 Å². The van der Waals surface area contributed by atoms with Crippen molar-refractivity contribution < 1.29 is 0 Å². The van der Waals surface area contributed by atoms with E-state index in [2.05, 4.69) is 24.4 Å². The van der Waals surface area contributed by atoms with Crippen LogP contribution in [0.3, 0.4) is 0 Å². The van der Waals surface area contributed by atoms with Crippen molar-refractivity contribution in [3.8, 4) is 0 Å². The fourth-order valence-electron chi connectivity index (χ4n) is 1.72. The molecule has 2 aromatic rings. The van der Waals surface area contributed by atoms with E-state index in [0.29, 0.717) is 10.7 Å². The third-order valence-electron chi connectivity index (χ3n) is 2.69. The molecule has 2 nitrogen and oxygen atoms in total. The smallest absolute Gasteiger partial charge is 0.0579 e. The molecular weight excluding hydrogens is 232 g/mol. The predicted octanol–water partition coefficient (Wildman–Crippen LogP) is 4.10. The summed E-state index contributed by atoms with van der Waals surface area (Å²) < 4.78 is 0. The number of halogens is 1. The minimum Gasteiger partial charge on any atom is -0.397 e. The Morgan fingerprint density at radius 2 is 1.82 bits per heavy atom. The molecule has 1 unspecified atom stereocenters. The van der Waals surface area contributed by atoms with Crippen LogP contribution >= 0.6 is 11.6 Å². The quantitative estimate of drug-likeness (QED) is 0.801. The minimum absolute atomic E-state index is 0.208. The number of nitrogen functional groups attached to an aromatic ring is 1. The molecule has 0 saturated carbocycles. The van der Waals surface area contributed by atoms with Crippen molar-refractivity contribution in [2.45, 2.75) is 13.0 Å². The summed E-state index contributed by atoms with van der Waals surface area (Å²) in [4.78, 5) is 0. The van der Waals surface area contributed by atoms with Crippen LogP contribution in [-0.4, -0.2) is 0 Å². The topological polar surface area (TPSA) is 38.0 Å². The first-order valence-corrected chi connectivity index (χ1v) is 5.91. The fraction of sp³-hybridized carbons (Fsp3) is 0.143. The molecule has 2 rings (SSSR count). The molecule has 0 spiro atoms. The highest BCUT2D eigenvalue weighted by molar-refractivity contribution is 6.31. The van der Waals surface area contributed by atoms with Crippen LogP contribution in [0.5, 0.6) is 0 Å². The Kier molecular flexibility index (Phi) is 3.55. The van der Waals surface area contributed by atoms with Crippen molar-refractivity contribution in [1.29, 1.82) is 0 Å². The average molecular weight is 247 g/mol. The third-order valence-corrected chi connectivity index (χ3v) is 2.92. The highest BCUT2D eigenvalue weighted by atomic mass is 35.5. The number of nitrogens with one attached hydrogen (secondary N) is 1. The van der Waals surface area contributed by atoms with Crippen LogP contribution in [0.15, 0.2) is 48.5 Å². The zero-order valence-electron chi connectivity index (χ0n) is 9.65. The van der Waals surface area contributed by atoms with E-state index in [4.69, 9.17) is 17.3 Å². The van der Waals surface area contributed by atoms with Crippen molar-refractivity contribution in [3.63, 3.8) is 0 Å². The number of nitrogens with two attached hydrogens (primary N) is 1. The monoisotopic (exact) mass is 246 g/mol. The Bertz CT molecular complexity index is 497. The van der Waals surface area contributed by atoms with E-state index in [9.17, 15) is 0 Å². The van der Waals surface area contributed by atoms with Gasteiger partial charge in [-0.15, -0.1) is 0 Å². The lowest BCUT2D eigenvalue weighted by Crippen LogP contribution is -2.08.